The number of nitrogens with zero attached hydrogens (tertiary/aromatic N) is 1. The Morgan fingerprint density at radius 3 is 2.15 bits per heavy atom. The van der Waals surface area contributed by atoms with Crippen LogP contribution >= 0.6 is 0 Å². The number of benzene rings is 3. The molecule has 5 aromatic rings. The molecule has 0 bridgehead atoms. The third kappa shape index (κ3) is 4.50. The Morgan fingerprint density at radius 2 is 1.39 bits per heavy atom. The number of hydrogen-bond acceptors (Lipinski definition) is 3. The summed E-state index contributed by atoms with van der Waals surface area (Å²) in [5.74, 6) is -0.346. The molecule has 33 heavy (non-hydrogen) atoms. The summed E-state index contributed by atoms with van der Waals surface area (Å²) in [7, 11) is 0. The smallest absolute Gasteiger partial charge is 0.257 e. The predicted octanol–water partition coefficient (Wildman–Crippen LogP) is 5.73. The first-order valence-electron chi connectivity index (χ1n) is 10.5. The largest absolute Gasteiger partial charge is 0.355 e. The highest BCUT2D eigenvalue weighted by molar-refractivity contribution is 6.05. The molecule has 0 aliphatic heterocycles. The molecule has 0 atom stereocenters. The quantitative estimate of drug-likeness (QED) is 0.331. The van der Waals surface area contributed by atoms with Crippen molar-refractivity contribution >= 4 is 34.1 Å². The topological polar surface area (TPSA) is 86.9 Å². The molecule has 6 nitrogen and oxygen atoms in total. The van der Waals surface area contributed by atoms with Crippen LogP contribution in [0.2, 0.25) is 0 Å². The van der Waals surface area contributed by atoms with Crippen LogP contribution in [0.4, 0.5) is 11.4 Å². The molecule has 0 fully saturated rings. The second kappa shape index (κ2) is 8.80. The average Bonchev–Trinajstić information content (AvgIpc) is 3.29. The van der Waals surface area contributed by atoms with Crippen molar-refractivity contribution in [2.45, 2.75) is 0 Å². The Labute approximate surface area is 190 Å². The first kappa shape index (κ1) is 20.2. The van der Waals surface area contributed by atoms with Gasteiger partial charge < -0.3 is 15.6 Å². The fourth-order valence-electron chi connectivity index (χ4n) is 3.59. The fraction of sp³-hybridized carbons (Fsp3) is 0. The molecule has 0 aliphatic carbocycles. The number of nitrogens with one attached hydrogen (secondary N) is 3. The van der Waals surface area contributed by atoms with Gasteiger partial charge in [0.2, 0.25) is 0 Å². The van der Waals surface area contributed by atoms with E-state index in [1.807, 2.05) is 66.7 Å². The Kier molecular flexibility index (Phi) is 5.39. The number of hydrogen-bond donors (Lipinski definition) is 3. The zero-order valence-electron chi connectivity index (χ0n) is 17.6. The number of aromatic amines is 1. The second-order valence-corrected chi connectivity index (χ2v) is 7.58. The van der Waals surface area contributed by atoms with Gasteiger partial charge in [-0.25, -0.2) is 0 Å². The third-order valence-electron chi connectivity index (χ3n) is 5.29. The van der Waals surface area contributed by atoms with Gasteiger partial charge in [-0.2, -0.15) is 0 Å². The number of carbonyl (C=O) groups is 2. The molecule has 0 saturated heterocycles. The van der Waals surface area contributed by atoms with Crippen molar-refractivity contribution in [2.24, 2.45) is 0 Å². The van der Waals surface area contributed by atoms with Gasteiger partial charge in [0.05, 0.1) is 5.56 Å². The standard InChI is InChI=1S/C27H20N4O2/c32-26(19-5-2-1-3-6-19)30-23-12-13-24-21(15-23)16-25(31-24)18-8-10-22(11-9-18)29-27(33)20-7-4-14-28-17-20/h1-17,31H,(H,29,33)(H,30,32). The van der Waals surface area contributed by atoms with Crippen LogP contribution in [0.5, 0.6) is 0 Å². The van der Waals surface area contributed by atoms with E-state index in [2.05, 4.69) is 20.6 Å². The van der Waals surface area contributed by atoms with Crippen LogP contribution in [0.15, 0.2) is 103 Å². The van der Waals surface area contributed by atoms with Crippen LogP contribution in [-0.2, 0) is 0 Å². The molecule has 160 valence electrons. The van der Waals surface area contributed by atoms with E-state index >= 15 is 0 Å². The summed E-state index contributed by atoms with van der Waals surface area (Å²) < 4.78 is 0. The minimum absolute atomic E-state index is 0.144. The normalized spacial score (nSPS) is 10.7. The summed E-state index contributed by atoms with van der Waals surface area (Å²) in [6.45, 7) is 0. The molecular weight excluding hydrogens is 412 g/mol. The van der Waals surface area contributed by atoms with E-state index in [4.69, 9.17) is 0 Å². The molecule has 2 aromatic heterocycles. The van der Waals surface area contributed by atoms with Crippen molar-refractivity contribution in [1.29, 1.82) is 0 Å². The molecule has 0 saturated carbocycles. The van der Waals surface area contributed by atoms with Crippen LogP contribution in [0.1, 0.15) is 20.7 Å². The van der Waals surface area contributed by atoms with Crippen molar-refractivity contribution in [3.05, 3.63) is 115 Å². The van der Waals surface area contributed by atoms with Crippen LogP contribution in [0.25, 0.3) is 22.2 Å². The summed E-state index contributed by atoms with van der Waals surface area (Å²) in [5.41, 5.74) is 5.46. The predicted molar refractivity (Wildman–Crippen MR) is 130 cm³/mol. The van der Waals surface area contributed by atoms with Gasteiger partial charge in [-0.05, 0) is 66.2 Å². The Bertz CT molecular complexity index is 1430. The van der Waals surface area contributed by atoms with Gasteiger partial charge in [0, 0.05) is 45.9 Å². The van der Waals surface area contributed by atoms with E-state index in [9.17, 15) is 9.59 Å². The summed E-state index contributed by atoms with van der Waals surface area (Å²) >= 11 is 0. The molecule has 0 aliphatic rings. The molecule has 0 radical (unpaired) electrons. The SMILES string of the molecule is O=C(Nc1ccc2[nH]c(-c3ccc(NC(=O)c4cccnc4)cc3)cc2c1)c1ccccc1. The van der Waals surface area contributed by atoms with E-state index in [1.165, 1.54) is 6.20 Å². The lowest BCUT2D eigenvalue weighted by Crippen LogP contribution is -2.11. The van der Waals surface area contributed by atoms with Gasteiger partial charge in [-0.15, -0.1) is 0 Å². The van der Waals surface area contributed by atoms with Gasteiger partial charge >= 0.3 is 0 Å². The molecule has 5 rings (SSSR count). The molecule has 2 heterocycles. The number of fused-ring (bicyclic) bond motifs is 1. The lowest BCUT2D eigenvalue weighted by Gasteiger charge is -2.06. The lowest BCUT2D eigenvalue weighted by atomic mass is 10.1. The molecule has 3 aromatic carbocycles. The lowest BCUT2D eigenvalue weighted by molar-refractivity contribution is 0.101. The van der Waals surface area contributed by atoms with Crippen molar-refractivity contribution < 1.29 is 9.59 Å². The molecule has 0 spiro atoms. The number of anilines is 2. The van der Waals surface area contributed by atoms with Gasteiger partial charge in [-0.1, -0.05) is 30.3 Å². The second-order valence-electron chi connectivity index (χ2n) is 7.58. The number of carbonyl (C=O) groups excluding carboxylic acids is 2. The van der Waals surface area contributed by atoms with Crippen LogP contribution < -0.4 is 10.6 Å². The van der Waals surface area contributed by atoms with Gasteiger partial charge in [0.1, 0.15) is 0 Å². The zero-order chi connectivity index (χ0) is 22.6. The van der Waals surface area contributed by atoms with Crippen molar-refractivity contribution in [3.8, 4) is 11.3 Å². The number of amides is 2. The highest BCUT2D eigenvalue weighted by Gasteiger charge is 2.09. The molecule has 0 unspecified atom stereocenters. The van der Waals surface area contributed by atoms with Crippen LogP contribution in [-0.4, -0.2) is 21.8 Å². The first-order chi connectivity index (χ1) is 16.2. The number of pyridine rings is 1. The van der Waals surface area contributed by atoms with E-state index in [0.29, 0.717) is 16.8 Å². The highest BCUT2D eigenvalue weighted by atomic mass is 16.2. The minimum atomic E-state index is -0.202. The van der Waals surface area contributed by atoms with Gasteiger partial charge in [0.25, 0.3) is 11.8 Å². The maximum absolute atomic E-state index is 12.4. The summed E-state index contributed by atoms with van der Waals surface area (Å²) in [6, 6.07) is 28.0. The van der Waals surface area contributed by atoms with E-state index in [0.717, 1.165) is 27.8 Å². The Balaban J connectivity index is 1.31. The minimum Gasteiger partial charge on any atom is -0.355 e. The summed E-state index contributed by atoms with van der Waals surface area (Å²) in [6.07, 6.45) is 3.16. The number of aromatic nitrogens is 2. The summed E-state index contributed by atoms with van der Waals surface area (Å²) in [4.78, 5) is 32.1. The molecule has 6 heteroatoms. The van der Waals surface area contributed by atoms with Crippen molar-refractivity contribution in [3.63, 3.8) is 0 Å². The van der Waals surface area contributed by atoms with E-state index in [1.54, 1.807) is 30.5 Å². The highest BCUT2D eigenvalue weighted by Crippen LogP contribution is 2.27. The van der Waals surface area contributed by atoms with E-state index in [-0.39, 0.29) is 11.8 Å². The van der Waals surface area contributed by atoms with Crippen molar-refractivity contribution in [1.82, 2.24) is 9.97 Å². The third-order valence-corrected chi connectivity index (χ3v) is 5.29. The average molecular weight is 432 g/mol. The Morgan fingerprint density at radius 1 is 0.697 bits per heavy atom. The van der Waals surface area contributed by atoms with Crippen molar-refractivity contribution in [2.75, 3.05) is 10.6 Å². The fourth-order valence-corrected chi connectivity index (χ4v) is 3.59. The molecule has 3 N–H and O–H groups in total. The van der Waals surface area contributed by atoms with Gasteiger partial charge in [-0.3, -0.25) is 14.6 Å². The zero-order valence-corrected chi connectivity index (χ0v) is 17.6. The van der Waals surface area contributed by atoms with Crippen LogP contribution in [0, 0.1) is 0 Å². The van der Waals surface area contributed by atoms with Gasteiger partial charge in [0.15, 0.2) is 0 Å². The first-order valence-corrected chi connectivity index (χ1v) is 10.5. The summed E-state index contributed by atoms with van der Waals surface area (Å²) in [5, 5.41) is 6.80. The van der Waals surface area contributed by atoms with Crippen LogP contribution in [0.3, 0.4) is 0 Å². The Hall–Kier alpha value is -4.71. The monoisotopic (exact) mass is 432 g/mol. The number of rotatable bonds is 5. The molecule has 2 amide bonds. The molecular formula is C27H20N4O2. The van der Waals surface area contributed by atoms with E-state index < -0.39 is 0 Å². The number of H-pyrrole nitrogens is 1. The maximum atomic E-state index is 12.4. The maximum Gasteiger partial charge on any atom is 0.257 e.